The molecule has 136 valence electrons. The summed E-state index contributed by atoms with van der Waals surface area (Å²) in [6.45, 7) is 6.29. The Morgan fingerprint density at radius 3 is 2.54 bits per heavy atom. The van der Waals surface area contributed by atoms with Crippen LogP contribution in [0.5, 0.6) is 0 Å². The molecule has 1 aromatic rings. The maximum absolute atomic E-state index is 12.6. The topological polar surface area (TPSA) is 98.5 Å². The summed E-state index contributed by atoms with van der Waals surface area (Å²) in [6.07, 6.45) is 1.50. The lowest BCUT2D eigenvalue weighted by molar-refractivity contribution is -0.166. The summed E-state index contributed by atoms with van der Waals surface area (Å²) in [6, 6.07) is 6.15. The minimum absolute atomic E-state index is 0. The molecular formula is C16H25ClN2O4S. The minimum Gasteiger partial charge on any atom is -0.378 e. The van der Waals surface area contributed by atoms with Crippen molar-refractivity contribution in [1.82, 2.24) is 0 Å². The number of ether oxygens (including phenoxy) is 1. The van der Waals surface area contributed by atoms with Gasteiger partial charge in [0.25, 0.3) is 0 Å². The zero-order chi connectivity index (χ0) is 17.5. The van der Waals surface area contributed by atoms with Gasteiger partial charge in [-0.1, -0.05) is 19.9 Å². The first-order valence-corrected chi connectivity index (χ1v) is 9.43. The van der Waals surface area contributed by atoms with E-state index in [-0.39, 0.29) is 29.3 Å². The van der Waals surface area contributed by atoms with Crippen molar-refractivity contribution in [3.63, 3.8) is 0 Å². The van der Waals surface area contributed by atoms with Crippen LogP contribution < -0.4 is 11.1 Å². The van der Waals surface area contributed by atoms with Gasteiger partial charge < -0.3 is 15.8 Å². The maximum atomic E-state index is 12.6. The van der Waals surface area contributed by atoms with Crippen LogP contribution in [-0.2, 0) is 19.4 Å². The van der Waals surface area contributed by atoms with E-state index >= 15 is 0 Å². The van der Waals surface area contributed by atoms with Crippen LogP contribution in [-0.4, -0.2) is 38.8 Å². The van der Waals surface area contributed by atoms with Crippen molar-refractivity contribution in [2.75, 3.05) is 18.2 Å². The van der Waals surface area contributed by atoms with E-state index in [0.717, 1.165) is 6.26 Å². The second kappa shape index (κ2) is 7.00. The number of halogens is 1. The molecular weight excluding hydrogens is 352 g/mol. The van der Waals surface area contributed by atoms with Gasteiger partial charge in [-0.2, -0.15) is 0 Å². The predicted octanol–water partition coefficient (Wildman–Crippen LogP) is 1.98. The van der Waals surface area contributed by atoms with E-state index in [9.17, 15) is 13.2 Å². The van der Waals surface area contributed by atoms with Gasteiger partial charge in [0.1, 0.15) is 5.54 Å². The molecule has 0 radical (unpaired) electrons. The Kier molecular flexibility index (Phi) is 6.09. The van der Waals surface area contributed by atoms with Crippen LogP contribution in [0.15, 0.2) is 29.2 Å². The van der Waals surface area contributed by atoms with Gasteiger partial charge in [-0.3, -0.25) is 4.79 Å². The predicted molar refractivity (Wildman–Crippen MR) is 96.2 cm³/mol. The molecule has 0 aromatic heterocycles. The number of carbonyl (C=O) groups excluding carboxylic acids is 1. The second-order valence-corrected chi connectivity index (χ2v) is 8.61. The fourth-order valence-corrected chi connectivity index (χ4v) is 3.53. The van der Waals surface area contributed by atoms with E-state index in [0.29, 0.717) is 18.7 Å². The van der Waals surface area contributed by atoms with E-state index in [2.05, 4.69) is 5.32 Å². The monoisotopic (exact) mass is 376 g/mol. The molecule has 1 saturated carbocycles. The molecule has 0 saturated heterocycles. The molecule has 1 amide bonds. The quantitative estimate of drug-likeness (QED) is 0.818. The molecule has 2 unspecified atom stereocenters. The molecule has 8 heteroatoms. The first kappa shape index (κ1) is 20.9. The van der Waals surface area contributed by atoms with Crippen molar-refractivity contribution < 1.29 is 17.9 Å². The van der Waals surface area contributed by atoms with Crippen LogP contribution in [0.3, 0.4) is 0 Å². The lowest BCUT2D eigenvalue weighted by Gasteiger charge is -2.57. The van der Waals surface area contributed by atoms with Gasteiger partial charge >= 0.3 is 0 Å². The number of rotatable bonds is 5. The molecule has 6 nitrogen and oxygen atoms in total. The van der Waals surface area contributed by atoms with Gasteiger partial charge in [-0.25, -0.2) is 8.42 Å². The summed E-state index contributed by atoms with van der Waals surface area (Å²) in [5.41, 5.74) is 5.18. The highest BCUT2D eigenvalue weighted by atomic mass is 35.5. The molecule has 3 N–H and O–H groups in total. The minimum atomic E-state index is -3.33. The van der Waals surface area contributed by atoms with Crippen LogP contribution in [0.1, 0.15) is 27.2 Å². The largest absolute Gasteiger partial charge is 0.378 e. The molecule has 1 aliphatic rings. The van der Waals surface area contributed by atoms with E-state index in [1.807, 2.05) is 20.8 Å². The van der Waals surface area contributed by atoms with Gasteiger partial charge in [0, 0.05) is 30.4 Å². The van der Waals surface area contributed by atoms with Crippen molar-refractivity contribution >= 4 is 33.8 Å². The number of nitrogens with two attached hydrogens (primary N) is 1. The molecule has 1 aliphatic carbocycles. The molecule has 0 bridgehead atoms. The van der Waals surface area contributed by atoms with E-state index < -0.39 is 20.8 Å². The number of sulfone groups is 1. The van der Waals surface area contributed by atoms with Crippen LogP contribution in [0.2, 0.25) is 0 Å². The number of benzene rings is 1. The van der Waals surface area contributed by atoms with Gasteiger partial charge in [0.15, 0.2) is 9.84 Å². The number of amides is 1. The SMILES string of the molecule is CCOC1CC(N)(C(=O)Nc2cccc(S(C)(=O)=O)c2)C1(C)C.Cl. The van der Waals surface area contributed by atoms with Crippen LogP contribution in [0.25, 0.3) is 0 Å². The van der Waals surface area contributed by atoms with E-state index in [4.69, 9.17) is 10.5 Å². The molecule has 2 atom stereocenters. The summed E-state index contributed by atoms with van der Waals surface area (Å²) in [7, 11) is -3.33. The fraction of sp³-hybridized carbons (Fsp3) is 0.562. The fourth-order valence-electron chi connectivity index (χ4n) is 2.87. The molecule has 0 aliphatic heterocycles. The molecule has 0 heterocycles. The highest BCUT2D eigenvalue weighted by Crippen LogP contribution is 2.50. The second-order valence-electron chi connectivity index (χ2n) is 6.60. The summed E-state index contributed by atoms with van der Waals surface area (Å²) in [5.74, 6) is -0.330. The van der Waals surface area contributed by atoms with Crippen molar-refractivity contribution in [3.8, 4) is 0 Å². The van der Waals surface area contributed by atoms with Gasteiger partial charge in [-0.15, -0.1) is 12.4 Å². The maximum Gasteiger partial charge on any atom is 0.245 e. The Labute approximate surface area is 149 Å². The first-order chi connectivity index (χ1) is 10.5. The molecule has 24 heavy (non-hydrogen) atoms. The lowest BCUT2D eigenvalue weighted by Crippen LogP contribution is -2.74. The highest BCUT2D eigenvalue weighted by molar-refractivity contribution is 7.90. The zero-order valence-electron chi connectivity index (χ0n) is 14.3. The van der Waals surface area contributed by atoms with Crippen molar-refractivity contribution in [3.05, 3.63) is 24.3 Å². The van der Waals surface area contributed by atoms with E-state index in [1.54, 1.807) is 12.1 Å². The Morgan fingerprint density at radius 1 is 1.42 bits per heavy atom. The summed E-state index contributed by atoms with van der Waals surface area (Å²) >= 11 is 0. The van der Waals surface area contributed by atoms with Crippen molar-refractivity contribution in [2.45, 2.75) is 43.7 Å². The van der Waals surface area contributed by atoms with E-state index in [1.165, 1.54) is 12.1 Å². The Hall–Kier alpha value is -1.15. The van der Waals surface area contributed by atoms with Crippen LogP contribution in [0, 0.1) is 5.41 Å². The number of hydrogen-bond donors (Lipinski definition) is 2. The molecule has 1 aromatic carbocycles. The average Bonchev–Trinajstić information content (AvgIpc) is 2.46. The third-order valence-electron chi connectivity index (χ3n) is 4.76. The molecule has 2 rings (SSSR count). The lowest BCUT2D eigenvalue weighted by atomic mass is 9.54. The third-order valence-corrected chi connectivity index (χ3v) is 5.87. The Balaban J connectivity index is 0.00000288. The molecule has 0 spiro atoms. The summed E-state index contributed by atoms with van der Waals surface area (Å²) in [4.78, 5) is 12.8. The van der Waals surface area contributed by atoms with Crippen molar-refractivity contribution in [2.24, 2.45) is 11.1 Å². The highest BCUT2D eigenvalue weighted by Gasteiger charge is 2.62. The normalized spacial score (nSPS) is 25.3. The summed E-state index contributed by atoms with van der Waals surface area (Å²) in [5, 5.41) is 2.73. The number of nitrogens with one attached hydrogen (secondary N) is 1. The van der Waals surface area contributed by atoms with Crippen LogP contribution >= 0.6 is 12.4 Å². The van der Waals surface area contributed by atoms with Gasteiger partial charge in [0.2, 0.25) is 5.91 Å². The average molecular weight is 377 g/mol. The number of carbonyl (C=O) groups is 1. The Morgan fingerprint density at radius 2 is 2.04 bits per heavy atom. The van der Waals surface area contributed by atoms with Gasteiger partial charge in [0.05, 0.1) is 11.0 Å². The Bertz CT molecular complexity index is 721. The van der Waals surface area contributed by atoms with Crippen molar-refractivity contribution in [1.29, 1.82) is 0 Å². The smallest absolute Gasteiger partial charge is 0.245 e. The first-order valence-electron chi connectivity index (χ1n) is 7.54. The zero-order valence-corrected chi connectivity index (χ0v) is 16.0. The standard InChI is InChI=1S/C16H24N2O4S.ClH/c1-5-22-13-10-16(17,15(13,2)3)14(19)18-11-7-6-8-12(9-11)23(4,20)21;/h6-9,13H,5,10,17H2,1-4H3,(H,18,19);1H. The number of hydrogen-bond acceptors (Lipinski definition) is 5. The third kappa shape index (κ3) is 3.59. The molecule has 1 fully saturated rings. The van der Waals surface area contributed by atoms with Gasteiger partial charge in [-0.05, 0) is 25.1 Å². The number of anilines is 1. The summed E-state index contributed by atoms with van der Waals surface area (Å²) < 4.78 is 28.8. The van der Waals surface area contributed by atoms with Crippen LogP contribution in [0.4, 0.5) is 5.69 Å².